The van der Waals surface area contributed by atoms with Crippen molar-refractivity contribution in [1.82, 2.24) is 15.1 Å². The minimum absolute atomic E-state index is 0.106. The van der Waals surface area contributed by atoms with Crippen molar-refractivity contribution in [2.45, 2.75) is 38.8 Å². The van der Waals surface area contributed by atoms with Crippen LogP contribution in [-0.2, 0) is 11.3 Å². The molecule has 1 aromatic rings. The summed E-state index contributed by atoms with van der Waals surface area (Å²) in [5.74, 6) is 0.298. The van der Waals surface area contributed by atoms with Crippen LogP contribution < -0.4 is 5.32 Å². The predicted octanol–water partition coefficient (Wildman–Crippen LogP) is 1.73. The highest BCUT2D eigenvalue weighted by atomic mass is 35.5. The molecule has 0 aliphatic carbocycles. The van der Waals surface area contributed by atoms with E-state index < -0.39 is 0 Å². The van der Waals surface area contributed by atoms with Crippen LogP contribution in [0.3, 0.4) is 0 Å². The Morgan fingerprint density at radius 3 is 2.84 bits per heavy atom. The summed E-state index contributed by atoms with van der Waals surface area (Å²) in [5.41, 5.74) is 1.09. The lowest BCUT2D eigenvalue weighted by Gasteiger charge is -2.36. The van der Waals surface area contributed by atoms with E-state index in [9.17, 15) is 4.79 Å². The number of aromatic nitrogens is 2. The van der Waals surface area contributed by atoms with Gasteiger partial charge in [0.15, 0.2) is 0 Å². The highest BCUT2D eigenvalue weighted by Crippen LogP contribution is 2.23. The molecule has 0 saturated carbocycles. The van der Waals surface area contributed by atoms with Crippen LogP contribution >= 0.6 is 11.6 Å². The lowest BCUT2D eigenvalue weighted by atomic mass is 9.92. The zero-order valence-electron chi connectivity index (χ0n) is 11.4. The number of rotatable bonds is 4. The number of hydrogen-bond donors (Lipinski definition) is 1. The number of alkyl halides is 1. The third-order valence-corrected chi connectivity index (χ3v) is 4.03. The molecular weight excluding hydrogens is 266 g/mol. The van der Waals surface area contributed by atoms with Crippen molar-refractivity contribution in [2.75, 3.05) is 19.1 Å². The molecule has 1 aliphatic rings. The Labute approximate surface area is 118 Å². The van der Waals surface area contributed by atoms with Crippen molar-refractivity contribution in [3.8, 4) is 0 Å². The topological polar surface area (TPSA) is 56.2 Å². The lowest BCUT2D eigenvalue weighted by molar-refractivity contribution is 0.0430. The van der Waals surface area contributed by atoms with E-state index in [2.05, 4.69) is 10.4 Å². The number of amides is 1. The molecule has 1 N–H and O–H groups in total. The second kappa shape index (κ2) is 5.92. The van der Waals surface area contributed by atoms with E-state index >= 15 is 0 Å². The molecule has 0 unspecified atom stereocenters. The summed E-state index contributed by atoms with van der Waals surface area (Å²) < 4.78 is 7.05. The Hall–Kier alpha value is -1.07. The number of carbonyl (C=O) groups is 1. The average molecular weight is 286 g/mol. The number of halogens is 1. The molecule has 1 fully saturated rings. The van der Waals surface area contributed by atoms with Gasteiger partial charge in [0.05, 0.1) is 11.2 Å². The summed E-state index contributed by atoms with van der Waals surface area (Å²) in [6, 6.07) is 1.81. The molecule has 1 saturated heterocycles. The lowest BCUT2D eigenvalue weighted by Crippen LogP contribution is -2.53. The quantitative estimate of drug-likeness (QED) is 0.857. The Bertz CT molecular complexity index is 453. The van der Waals surface area contributed by atoms with Crippen molar-refractivity contribution in [2.24, 2.45) is 0 Å². The third-order valence-electron chi connectivity index (χ3n) is 3.52. The number of nitrogens with zero attached hydrogens (tertiary/aromatic N) is 2. The van der Waals surface area contributed by atoms with E-state index in [4.69, 9.17) is 16.3 Å². The Balaban J connectivity index is 2.14. The van der Waals surface area contributed by atoms with Gasteiger partial charge in [0.1, 0.15) is 5.69 Å². The Kier molecular flexibility index (Phi) is 4.47. The molecule has 0 radical (unpaired) electrons. The first-order valence-corrected chi connectivity index (χ1v) is 7.14. The molecule has 6 heteroatoms. The fourth-order valence-electron chi connectivity index (χ4n) is 2.33. The SMILES string of the molecule is CCn1nc(C)cc1C(=O)NC1(CCl)CCOCC1. The second-order valence-corrected chi connectivity index (χ2v) is 5.23. The van der Waals surface area contributed by atoms with Crippen LogP contribution in [-0.4, -0.2) is 40.3 Å². The maximum absolute atomic E-state index is 12.4. The maximum atomic E-state index is 12.4. The first kappa shape index (κ1) is 14.3. The number of hydrogen-bond acceptors (Lipinski definition) is 3. The van der Waals surface area contributed by atoms with Gasteiger partial charge in [-0.1, -0.05) is 0 Å². The van der Waals surface area contributed by atoms with E-state index in [1.54, 1.807) is 10.7 Å². The number of carbonyl (C=O) groups excluding carboxylic acids is 1. The summed E-state index contributed by atoms with van der Waals surface area (Å²) >= 11 is 6.05. The molecule has 2 rings (SSSR count). The van der Waals surface area contributed by atoms with Gasteiger partial charge in [0.2, 0.25) is 0 Å². The first-order chi connectivity index (χ1) is 9.10. The Morgan fingerprint density at radius 2 is 2.26 bits per heavy atom. The molecule has 5 nitrogen and oxygen atoms in total. The van der Waals surface area contributed by atoms with Gasteiger partial charge in [-0.2, -0.15) is 5.10 Å². The molecule has 106 valence electrons. The fraction of sp³-hybridized carbons (Fsp3) is 0.692. The smallest absolute Gasteiger partial charge is 0.270 e. The number of ether oxygens (including phenoxy) is 1. The molecule has 1 aromatic heterocycles. The van der Waals surface area contributed by atoms with Crippen LogP contribution in [0, 0.1) is 6.92 Å². The molecule has 0 atom stereocenters. The second-order valence-electron chi connectivity index (χ2n) is 4.97. The van der Waals surface area contributed by atoms with Crippen molar-refractivity contribution >= 4 is 17.5 Å². The fourth-order valence-corrected chi connectivity index (χ4v) is 2.66. The van der Waals surface area contributed by atoms with Gasteiger partial charge < -0.3 is 10.1 Å². The molecule has 1 amide bonds. The van der Waals surface area contributed by atoms with Crippen LogP contribution in [0.2, 0.25) is 0 Å². The van der Waals surface area contributed by atoms with Crippen LogP contribution in [0.1, 0.15) is 35.9 Å². The minimum atomic E-state index is -0.354. The highest BCUT2D eigenvalue weighted by molar-refractivity contribution is 6.19. The van der Waals surface area contributed by atoms with Crippen molar-refractivity contribution < 1.29 is 9.53 Å². The molecule has 0 bridgehead atoms. The molecule has 1 aliphatic heterocycles. The van der Waals surface area contributed by atoms with Gasteiger partial charge >= 0.3 is 0 Å². The van der Waals surface area contributed by atoms with Gasteiger partial charge in [0, 0.05) is 25.6 Å². The van der Waals surface area contributed by atoms with Crippen LogP contribution in [0.25, 0.3) is 0 Å². The van der Waals surface area contributed by atoms with E-state index in [1.807, 2.05) is 13.8 Å². The highest BCUT2D eigenvalue weighted by Gasteiger charge is 2.34. The van der Waals surface area contributed by atoms with E-state index in [0.29, 0.717) is 31.3 Å². The molecular formula is C13H20ClN3O2. The van der Waals surface area contributed by atoms with Crippen molar-refractivity contribution in [3.63, 3.8) is 0 Å². The van der Waals surface area contributed by atoms with Gasteiger partial charge in [-0.15, -0.1) is 11.6 Å². The summed E-state index contributed by atoms with van der Waals surface area (Å²) in [7, 11) is 0. The van der Waals surface area contributed by atoms with Gasteiger partial charge in [-0.3, -0.25) is 9.48 Å². The molecule has 0 aromatic carbocycles. The van der Waals surface area contributed by atoms with Crippen molar-refractivity contribution in [3.05, 3.63) is 17.5 Å². The summed E-state index contributed by atoms with van der Waals surface area (Å²) in [4.78, 5) is 12.4. The van der Waals surface area contributed by atoms with E-state index in [-0.39, 0.29) is 11.4 Å². The van der Waals surface area contributed by atoms with Gasteiger partial charge in [0.25, 0.3) is 5.91 Å². The van der Waals surface area contributed by atoms with Crippen LogP contribution in [0.4, 0.5) is 0 Å². The summed E-state index contributed by atoms with van der Waals surface area (Å²) in [6.07, 6.45) is 1.50. The third kappa shape index (κ3) is 3.09. The monoisotopic (exact) mass is 285 g/mol. The normalized spacial score (nSPS) is 18.3. The van der Waals surface area contributed by atoms with Gasteiger partial charge in [-0.05, 0) is 32.8 Å². The molecule has 2 heterocycles. The van der Waals surface area contributed by atoms with Gasteiger partial charge in [-0.25, -0.2) is 0 Å². The van der Waals surface area contributed by atoms with E-state index in [1.165, 1.54) is 0 Å². The number of aryl methyl sites for hydroxylation is 2. The van der Waals surface area contributed by atoms with Crippen LogP contribution in [0.15, 0.2) is 6.07 Å². The largest absolute Gasteiger partial charge is 0.381 e. The maximum Gasteiger partial charge on any atom is 0.270 e. The summed E-state index contributed by atoms with van der Waals surface area (Å²) in [6.45, 7) is 5.80. The Morgan fingerprint density at radius 1 is 1.58 bits per heavy atom. The molecule has 0 spiro atoms. The number of nitrogens with one attached hydrogen (secondary N) is 1. The van der Waals surface area contributed by atoms with Crippen molar-refractivity contribution in [1.29, 1.82) is 0 Å². The predicted molar refractivity (Wildman–Crippen MR) is 73.6 cm³/mol. The standard InChI is InChI=1S/C13H20ClN3O2/c1-3-17-11(8-10(2)16-17)12(18)15-13(9-14)4-6-19-7-5-13/h8H,3-7,9H2,1-2H3,(H,15,18). The van der Waals surface area contributed by atoms with E-state index in [0.717, 1.165) is 18.5 Å². The minimum Gasteiger partial charge on any atom is -0.381 e. The van der Waals surface area contributed by atoms with Crippen LogP contribution in [0.5, 0.6) is 0 Å². The molecule has 19 heavy (non-hydrogen) atoms. The first-order valence-electron chi connectivity index (χ1n) is 6.61. The zero-order chi connectivity index (χ0) is 13.9. The summed E-state index contributed by atoms with van der Waals surface area (Å²) in [5, 5.41) is 7.36. The average Bonchev–Trinajstić information content (AvgIpc) is 2.81. The zero-order valence-corrected chi connectivity index (χ0v) is 12.2.